The molecule has 3 N–H and O–H groups in total. The van der Waals surface area contributed by atoms with Crippen LogP contribution in [0.4, 0.5) is 0 Å². The maximum absolute atomic E-state index is 6.07. The molecular formula is C15H16Cl2N2O. The zero-order valence-electron chi connectivity index (χ0n) is 11.1. The number of benzene rings is 2. The lowest BCUT2D eigenvalue weighted by molar-refractivity contribution is 0.333. The summed E-state index contributed by atoms with van der Waals surface area (Å²) in [5, 5.41) is 1.02. The third-order valence-corrected chi connectivity index (χ3v) is 3.71. The van der Waals surface area contributed by atoms with Gasteiger partial charge < -0.3 is 4.74 Å². The quantitative estimate of drug-likeness (QED) is 0.649. The second kappa shape index (κ2) is 6.95. The first kappa shape index (κ1) is 15.1. The lowest BCUT2D eigenvalue weighted by Gasteiger charge is -2.20. The number of halogens is 2. The summed E-state index contributed by atoms with van der Waals surface area (Å²) in [5.74, 6) is 6.50. The van der Waals surface area contributed by atoms with E-state index in [0.29, 0.717) is 16.7 Å². The summed E-state index contributed by atoms with van der Waals surface area (Å²) < 4.78 is 5.64. The molecule has 106 valence electrons. The molecule has 0 aromatic heterocycles. The molecule has 20 heavy (non-hydrogen) atoms. The second-order valence-electron chi connectivity index (χ2n) is 4.24. The Balaban J connectivity index is 2.44. The van der Waals surface area contributed by atoms with E-state index in [9.17, 15) is 0 Å². The molecule has 0 fully saturated rings. The van der Waals surface area contributed by atoms with E-state index in [2.05, 4.69) is 5.43 Å². The Hall–Kier alpha value is -1.26. The van der Waals surface area contributed by atoms with Crippen LogP contribution >= 0.6 is 23.2 Å². The van der Waals surface area contributed by atoms with Crippen molar-refractivity contribution in [1.29, 1.82) is 0 Å². The van der Waals surface area contributed by atoms with Gasteiger partial charge in [0.15, 0.2) is 0 Å². The molecule has 0 amide bonds. The molecule has 0 saturated carbocycles. The highest BCUT2D eigenvalue weighted by atomic mass is 35.5. The zero-order valence-corrected chi connectivity index (χ0v) is 12.6. The lowest BCUT2D eigenvalue weighted by atomic mass is 9.98. The molecule has 0 aliphatic carbocycles. The molecule has 0 aliphatic heterocycles. The highest BCUT2D eigenvalue weighted by molar-refractivity contribution is 6.42. The van der Waals surface area contributed by atoms with Crippen molar-refractivity contribution < 1.29 is 4.74 Å². The average Bonchev–Trinajstić information content (AvgIpc) is 2.45. The van der Waals surface area contributed by atoms with Gasteiger partial charge in [0, 0.05) is 5.56 Å². The second-order valence-corrected chi connectivity index (χ2v) is 5.06. The summed E-state index contributed by atoms with van der Waals surface area (Å²) in [6, 6.07) is 13.0. The highest BCUT2D eigenvalue weighted by Gasteiger charge is 2.17. The maximum atomic E-state index is 6.07. The van der Waals surface area contributed by atoms with Crippen molar-refractivity contribution in [2.45, 2.75) is 13.0 Å². The van der Waals surface area contributed by atoms with Gasteiger partial charge in [-0.2, -0.15) is 0 Å². The lowest BCUT2D eigenvalue weighted by Crippen LogP contribution is -2.29. The van der Waals surface area contributed by atoms with E-state index >= 15 is 0 Å². The van der Waals surface area contributed by atoms with E-state index in [4.69, 9.17) is 33.8 Å². The van der Waals surface area contributed by atoms with Gasteiger partial charge >= 0.3 is 0 Å². The summed E-state index contributed by atoms with van der Waals surface area (Å²) in [4.78, 5) is 0. The fourth-order valence-corrected chi connectivity index (χ4v) is 2.37. The minimum absolute atomic E-state index is 0.215. The first-order valence-electron chi connectivity index (χ1n) is 6.30. The summed E-state index contributed by atoms with van der Waals surface area (Å²) in [7, 11) is 0. The van der Waals surface area contributed by atoms with Gasteiger partial charge in [-0.3, -0.25) is 5.84 Å². The van der Waals surface area contributed by atoms with Crippen LogP contribution in [-0.2, 0) is 0 Å². The van der Waals surface area contributed by atoms with Gasteiger partial charge in [0.2, 0.25) is 0 Å². The number of nitrogens with two attached hydrogens (primary N) is 1. The van der Waals surface area contributed by atoms with Gasteiger partial charge in [-0.15, -0.1) is 0 Å². The molecule has 2 rings (SSSR count). The van der Waals surface area contributed by atoms with Gasteiger partial charge in [-0.1, -0.05) is 47.5 Å². The SMILES string of the molecule is CCOc1ccccc1C(NN)c1ccc(Cl)c(Cl)c1. The predicted octanol–water partition coefficient (Wildman–Crippen LogP) is 3.94. The molecule has 0 spiro atoms. The number of nitrogens with one attached hydrogen (secondary N) is 1. The molecule has 0 heterocycles. The summed E-state index contributed by atoms with van der Waals surface area (Å²) in [6.45, 7) is 2.54. The van der Waals surface area contributed by atoms with E-state index in [1.807, 2.05) is 37.3 Å². The third kappa shape index (κ3) is 3.25. The first-order valence-corrected chi connectivity index (χ1v) is 7.05. The van der Waals surface area contributed by atoms with Crippen LogP contribution < -0.4 is 16.0 Å². The van der Waals surface area contributed by atoms with E-state index in [1.54, 1.807) is 12.1 Å². The van der Waals surface area contributed by atoms with Gasteiger partial charge in [0.1, 0.15) is 5.75 Å². The monoisotopic (exact) mass is 310 g/mol. The van der Waals surface area contributed by atoms with Crippen molar-refractivity contribution >= 4 is 23.2 Å². The Morgan fingerprint density at radius 2 is 1.90 bits per heavy atom. The summed E-state index contributed by atoms with van der Waals surface area (Å²) >= 11 is 12.0. The number of hydrazine groups is 1. The molecule has 5 heteroatoms. The predicted molar refractivity (Wildman–Crippen MR) is 83.2 cm³/mol. The largest absolute Gasteiger partial charge is 0.494 e. The van der Waals surface area contributed by atoms with Crippen LogP contribution in [0.25, 0.3) is 0 Å². The van der Waals surface area contributed by atoms with Crippen molar-refractivity contribution in [2.75, 3.05) is 6.61 Å². The van der Waals surface area contributed by atoms with Crippen LogP contribution in [0.2, 0.25) is 10.0 Å². The Kier molecular flexibility index (Phi) is 5.26. The van der Waals surface area contributed by atoms with Crippen molar-refractivity contribution in [2.24, 2.45) is 5.84 Å². The van der Waals surface area contributed by atoms with Gasteiger partial charge in [-0.05, 0) is 30.7 Å². The molecule has 0 aliphatic rings. The smallest absolute Gasteiger partial charge is 0.124 e. The van der Waals surface area contributed by atoms with Crippen LogP contribution in [0.15, 0.2) is 42.5 Å². The molecule has 1 unspecified atom stereocenters. The van der Waals surface area contributed by atoms with Crippen molar-refractivity contribution in [1.82, 2.24) is 5.43 Å². The number of hydrogen-bond donors (Lipinski definition) is 2. The molecule has 0 radical (unpaired) electrons. The maximum Gasteiger partial charge on any atom is 0.124 e. The normalized spacial score (nSPS) is 12.2. The van der Waals surface area contributed by atoms with Crippen molar-refractivity contribution in [3.05, 3.63) is 63.6 Å². The number of para-hydroxylation sites is 1. The van der Waals surface area contributed by atoms with E-state index < -0.39 is 0 Å². The number of hydrogen-bond acceptors (Lipinski definition) is 3. The van der Waals surface area contributed by atoms with E-state index in [1.165, 1.54) is 0 Å². The van der Waals surface area contributed by atoms with Gasteiger partial charge in [0.05, 0.1) is 22.7 Å². The number of ether oxygens (including phenoxy) is 1. The Bertz CT molecular complexity index is 590. The minimum atomic E-state index is -0.215. The average molecular weight is 311 g/mol. The van der Waals surface area contributed by atoms with Crippen molar-refractivity contribution in [3.63, 3.8) is 0 Å². The number of rotatable bonds is 5. The first-order chi connectivity index (χ1) is 9.67. The van der Waals surface area contributed by atoms with Crippen LogP contribution in [0.5, 0.6) is 5.75 Å². The topological polar surface area (TPSA) is 47.3 Å². The Morgan fingerprint density at radius 3 is 2.55 bits per heavy atom. The van der Waals surface area contributed by atoms with E-state index in [0.717, 1.165) is 16.9 Å². The minimum Gasteiger partial charge on any atom is -0.494 e. The Morgan fingerprint density at radius 1 is 1.15 bits per heavy atom. The molecule has 2 aromatic carbocycles. The highest BCUT2D eigenvalue weighted by Crippen LogP contribution is 2.32. The summed E-state index contributed by atoms with van der Waals surface area (Å²) in [6.07, 6.45) is 0. The molecular weight excluding hydrogens is 295 g/mol. The molecule has 2 aromatic rings. The zero-order chi connectivity index (χ0) is 14.5. The van der Waals surface area contributed by atoms with Crippen LogP contribution in [0, 0.1) is 0 Å². The summed E-state index contributed by atoms with van der Waals surface area (Å²) in [5.41, 5.74) is 4.68. The van der Waals surface area contributed by atoms with E-state index in [-0.39, 0.29) is 6.04 Å². The van der Waals surface area contributed by atoms with Gasteiger partial charge in [0.25, 0.3) is 0 Å². The molecule has 0 saturated heterocycles. The third-order valence-electron chi connectivity index (χ3n) is 2.97. The molecule has 0 bridgehead atoms. The fourth-order valence-electron chi connectivity index (χ4n) is 2.06. The fraction of sp³-hybridized carbons (Fsp3) is 0.200. The Labute approximate surface area is 128 Å². The van der Waals surface area contributed by atoms with Crippen LogP contribution in [0.1, 0.15) is 24.1 Å². The molecule has 1 atom stereocenters. The van der Waals surface area contributed by atoms with Crippen molar-refractivity contribution in [3.8, 4) is 5.75 Å². The molecule has 3 nitrogen and oxygen atoms in total. The van der Waals surface area contributed by atoms with Gasteiger partial charge in [-0.25, -0.2) is 5.43 Å². The van der Waals surface area contributed by atoms with Crippen LogP contribution in [0.3, 0.4) is 0 Å². The van der Waals surface area contributed by atoms with Crippen LogP contribution in [-0.4, -0.2) is 6.61 Å². The standard InChI is InChI=1S/C15H16Cl2N2O/c1-2-20-14-6-4-3-5-11(14)15(19-18)10-7-8-12(16)13(17)9-10/h3-9,15,19H,2,18H2,1H3.